The van der Waals surface area contributed by atoms with Gasteiger partial charge in [0.1, 0.15) is 0 Å². The average Bonchev–Trinajstić information content (AvgIpc) is 2.51. The zero-order chi connectivity index (χ0) is 10.6. The van der Waals surface area contributed by atoms with E-state index < -0.39 is 0 Å². The topological polar surface area (TPSA) is 26.0 Å². The lowest BCUT2D eigenvalue weighted by atomic mass is 10.0. The highest BCUT2D eigenvalue weighted by molar-refractivity contribution is 7.99. The van der Waals surface area contributed by atoms with E-state index in [0.717, 1.165) is 17.1 Å². The minimum absolute atomic E-state index is 0.505. The number of nitrogens with two attached hydrogens (primary N) is 1. The Hall–Kier alpha value is 0.310. The van der Waals surface area contributed by atoms with Crippen molar-refractivity contribution in [1.82, 2.24) is 0 Å². The Balaban J connectivity index is 2.09. The molecule has 0 saturated heterocycles. The van der Waals surface area contributed by atoms with Crippen LogP contribution in [0.25, 0.3) is 0 Å². The lowest BCUT2D eigenvalue weighted by Crippen LogP contribution is -2.25. The molecule has 2 N–H and O–H groups in total. The molecule has 1 fully saturated rings. The molecule has 3 unspecified atom stereocenters. The first-order chi connectivity index (χ1) is 6.61. The summed E-state index contributed by atoms with van der Waals surface area (Å²) < 4.78 is 0. The third-order valence-corrected chi connectivity index (χ3v) is 5.07. The summed E-state index contributed by atoms with van der Waals surface area (Å²) in [7, 11) is 0. The van der Waals surface area contributed by atoms with E-state index in [4.69, 9.17) is 5.73 Å². The second-order valence-corrected chi connectivity index (χ2v) is 6.45. The molecule has 1 rings (SSSR count). The van der Waals surface area contributed by atoms with Gasteiger partial charge in [0.05, 0.1) is 0 Å². The van der Waals surface area contributed by atoms with Crippen LogP contribution in [0.2, 0.25) is 0 Å². The smallest absolute Gasteiger partial charge is 0.00674 e. The first-order valence-corrected chi connectivity index (χ1v) is 7.03. The standard InChI is InChI=1S/C12H25NS/c1-9(2)10(3)14-8-7-11-5-4-6-12(11)13/h9-12H,4-8,13H2,1-3H3. The zero-order valence-electron chi connectivity index (χ0n) is 9.83. The first-order valence-electron chi connectivity index (χ1n) is 5.98. The van der Waals surface area contributed by atoms with Crippen LogP contribution in [0.1, 0.15) is 46.5 Å². The Morgan fingerprint density at radius 1 is 1.29 bits per heavy atom. The molecule has 0 aromatic rings. The number of hydrogen-bond donors (Lipinski definition) is 1. The molecule has 0 aliphatic heterocycles. The van der Waals surface area contributed by atoms with Crippen LogP contribution in [0, 0.1) is 11.8 Å². The maximum atomic E-state index is 6.05. The average molecular weight is 215 g/mol. The van der Waals surface area contributed by atoms with E-state index in [-0.39, 0.29) is 0 Å². The molecule has 3 atom stereocenters. The molecule has 1 aliphatic rings. The normalized spacial score (nSPS) is 29.8. The van der Waals surface area contributed by atoms with Crippen molar-refractivity contribution in [2.45, 2.75) is 57.7 Å². The number of rotatable bonds is 5. The van der Waals surface area contributed by atoms with Gasteiger partial charge in [0.25, 0.3) is 0 Å². The fraction of sp³-hybridized carbons (Fsp3) is 1.00. The summed E-state index contributed by atoms with van der Waals surface area (Å²) in [4.78, 5) is 0. The highest BCUT2D eigenvalue weighted by Crippen LogP contribution is 2.29. The Kier molecular flexibility index (Phi) is 5.32. The van der Waals surface area contributed by atoms with Crippen LogP contribution < -0.4 is 5.73 Å². The largest absolute Gasteiger partial charge is 0.327 e. The highest BCUT2D eigenvalue weighted by Gasteiger charge is 2.23. The molecule has 0 amide bonds. The van der Waals surface area contributed by atoms with E-state index in [2.05, 4.69) is 32.5 Å². The molecular formula is C12H25NS. The van der Waals surface area contributed by atoms with E-state index in [0.29, 0.717) is 6.04 Å². The quantitative estimate of drug-likeness (QED) is 0.761. The van der Waals surface area contributed by atoms with Gasteiger partial charge in [-0.1, -0.05) is 27.2 Å². The van der Waals surface area contributed by atoms with Gasteiger partial charge in [0, 0.05) is 11.3 Å². The molecule has 0 heterocycles. The minimum atomic E-state index is 0.505. The second kappa shape index (κ2) is 6.02. The van der Waals surface area contributed by atoms with Crippen molar-refractivity contribution in [1.29, 1.82) is 0 Å². The van der Waals surface area contributed by atoms with Crippen molar-refractivity contribution in [2.24, 2.45) is 17.6 Å². The summed E-state index contributed by atoms with van der Waals surface area (Å²) in [5.41, 5.74) is 6.05. The summed E-state index contributed by atoms with van der Waals surface area (Å²) in [6.45, 7) is 6.95. The van der Waals surface area contributed by atoms with Gasteiger partial charge in [0.15, 0.2) is 0 Å². The van der Waals surface area contributed by atoms with E-state index in [1.807, 2.05) is 0 Å². The van der Waals surface area contributed by atoms with Crippen LogP contribution in [0.5, 0.6) is 0 Å². The van der Waals surface area contributed by atoms with E-state index in [1.165, 1.54) is 31.4 Å². The first kappa shape index (κ1) is 12.4. The molecule has 14 heavy (non-hydrogen) atoms. The summed E-state index contributed by atoms with van der Waals surface area (Å²) in [5.74, 6) is 2.93. The molecule has 0 aromatic carbocycles. The zero-order valence-corrected chi connectivity index (χ0v) is 10.6. The van der Waals surface area contributed by atoms with Crippen LogP contribution in [0.4, 0.5) is 0 Å². The minimum Gasteiger partial charge on any atom is -0.327 e. The van der Waals surface area contributed by atoms with Gasteiger partial charge in [-0.3, -0.25) is 0 Å². The van der Waals surface area contributed by atoms with Crippen LogP contribution in [-0.4, -0.2) is 17.0 Å². The van der Waals surface area contributed by atoms with E-state index in [9.17, 15) is 0 Å². The number of hydrogen-bond acceptors (Lipinski definition) is 2. The predicted octanol–water partition coefficient (Wildman–Crippen LogP) is 3.28. The SMILES string of the molecule is CC(C)C(C)SCCC1CCCC1N. The second-order valence-electron chi connectivity index (χ2n) is 4.96. The van der Waals surface area contributed by atoms with E-state index >= 15 is 0 Å². The molecule has 0 spiro atoms. The third kappa shape index (κ3) is 3.82. The highest BCUT2D eigenvalue weighted by atomic mass is 32.2. The predicted molar refractivity (Wildman–Crippen MR) is 66.7 cm³/mol. The molecule has 2 heteroatoms. The maximum absolute atomic E-state index is 6.05. The fourth-order valence-electron chi connectivity index (χ4n) is 2.02. The molecule has 1 nitrogen and oxygen atoms in total. The van der Waals surface area contributed by atoms with Crippen molar-refractivity contribution in [2.75, 3.05) is 5.75 Å². The lowest BCUT2D eigenvalue weighted by Gasteiger charge is -2.18. The molecular weight excluding hydrogens is 190 g/mol. The van der Waals surface area contributed by atoms with Crippen molar-refractivity contribution in [3.63, 3.8) is 0 Å². The van der Waals surface area contributed by atoms with Crippen molar-refractivity contribution in [3.05, 3.63) is 0 Å². The van der Waals surface area contributed by atoms with Gasteiger partial charge < -0.3 is 5.73 Å². The Morgan fingerprint density at radius 3 is 2.50 bits per heavy atom. The molecule has 1 aliphatic carbocycles. The van der Waals surface area contributed by atoms with Crippen LogP contribution in [0.15, 0.2) is 0 Å². The monoisotopic (exact) mass is 215 g/mol. The van der Waals surface area contributed by atoms with Crippen LogP contribution in [-0.2, 0) is 0 Å². The van der Waals surface area contributed by atoms with Crippen LogP contribution >= 0.6 is 11.8 Å². The Labute approximate surface area is 93.2 Å². The third-order valence-electron chi connectivity index (χ3n) is 3.53. The Bertz CT molecular complexity index is 158. The lowest BCUT2D eigenvalue weighted by molar-refractivity contribution is 0.469. The van der Waals surface area contributed by atoms with Crippen molar-refractivity contribution < 1.29 is 0 Å². The van der Waals surface area contributed by atoms with Gasteiger partial charge in [0.2, 0.25) is 0 Å². The molecule has 0 radical (unpaired) electrons. The number of thioether (sulfide) groups is 1. The summed E-state index contributed by atoms with van der Waals surface area (Å²) in [6.07, 6.45) is 5.33. The maximum Gasteiger partial charge on any atom is 0.00674 e. The summed E-state index contributed by atoms with van der Waals surface area (Å²) >= 11 is 2.12. The van der Waals surface area contributed by atoms with Crippen LogP contribution in [0.3, 0.4) is 0 Å². The van der Waals surface area contributed by atoms with Gasteiger partial charge >= 0.3 is 0 Å². The summed E-state index contributed by atoms with van der Waals surface area (Å²) in [6, 6.07) is 0.505. The molecule has 0 aromatic heterocycles. The van der Waals surface area contributed by atoms with Crippen molar-refractivity contribution >= 4 is 11.8 Å². The molecule has 84 valence electrons. The fourth-order valence-corrected chi connectivity index (χ4v) is 3.22. The van der Waals surface area contributed by atoms with E-state index in [1.54, 1.807) is 0 Å². The van der Waals surface area contributed by atoms with Gasteiger partial charge in [-0.25, -0.2) is 0 Å². The van der Waals surface area contributed by atoms with Crippen molar-refractivity contribution in [3.8, 4) is 0 Å². The molecule has 0 bridgehead atoms. The van der Waals surface area contributed by atoms with Gasteiger partial charge in [-0.2, -0.15) is 11.8 Å². The van der Waals surface area contributed by atoms with Gasteiger partial charge in [-0.05, 0) is 36.9 Å². The summed E-state index contributed by atoms with van der Waals surface area (Å²) in [5, 5.41) is 0.799. The molecule has 1 saturated carbocycles. The Morgan fingerprint density at radius 2 is 2.00 bits per heavy atom. The van der Waals surface area contributed by atoms with Gasteiger partial charge in [-0.15, -0.1) is 0 Å².